The summed E-state index contributed by atoms with van der Waals surface area (Å²) in [5.41, 5.74) is 1.49. The van der Waals surface area contributed by atoms with Crippen molar-refractivity contribution in [1.29, 1.82) is 5.26 Å². The monoisotopic (exact) mass is 488 g/mol. The predicted octanol–water partition coefficient (Wildman–Crippen LogP) is 7.51. The molecule has 1 aliphatic carbocycles. The molecule has 0 spiro atoms. The summed E-state index contributed by atoms with van der Waals surface area (Å²) in [5, 5.41) is 8.96. The minimum Gasteiger partial charge on any atom is -0.297 e. The van der Waals surface area contributed by atoms with Crippen molar-refractivity contribution < 1.29 is 4.79 Å². The molecule has 1 fully saturated rings. The molecule has 0 radical (unpaired) electrons. The second kappa shape index (κ2) is 10.1. The van der Waals surface area contributed by atoms with Crippen molar-refractivity contribution >= 4 is 51.9 Å². The lowest BCUT2D eigenvalue weighted by Gasteiger charge is -2.33. The van der Waals surface area contributed by atoms with E-state index in [1.54, 1.807) is 28.7 Å². The van der Waals surface area contributed by atoms with Crippen molar-refractivity contribution in [3.05, 3.63) is 70.0 Å². The molecule has 4 heterocycles. The number of nitriles is 1. The second-order valence-electron chi connectivity index (χ2n) is 8.28. The standard InChI is InChI=1S/C27H24N2OS3/c28-17-19(18-30)16-22-8-9-24(31-22)25-12-13-27(33-25)26-11-10-23(32-26)20-4-6-21(7-5-20)29-14-2-1-3-15-29/h4-6,8-13,16,18,21H,1-3,7,14-15H2/b19-16+. The van der Waals surface area contributed by atoms with E-state index in [0.29, 0.717) is 12.3 Å². The average molecular weight is 489 g/mol. The Hall–Kier alpha value is -2.56. The van der Waals surface area contributed by atoms with Gasteiger partial charge < -0.3 is 0 Å². The van der Waals surface area contributed by atoms with Crippen LogP contribution in [0.15, 0.2) is 60.2 Å². The zero-order valence-corrected chi connectivity index (χ0v) is 20.6. The Bertz CT molecular complexity index is 1270. The number of piperidine rings is 1. The number of carbonyl (C=O) groups is 1. The summed E-state index contributed by atoms with van der Waals surface area (Å²) in [6, 6.07) is 15.3. The first-order valence-corrected chi connectivity index (χ1v) is 13.7. The maximum atomic E-state index is 10.9. The van der Waals surface area contributed by atoms with Crippen LogP contribution in [0, 0.1) is 11.3 Å². The highest BCUT2D eigenvalue weighted by atomic mass is 32.1. The minimum atomic E-state index is 0.148. The smallest absolute Gasteiger partial charge is 0.160 e. The highest BCUT2D eigenvalue weighted by Crippen LogP contribution is 2.41. The molecular weight excluding hydrogens is 465 g/mol. The van der Waals surface area contributed by atoms with Gasteiger partial charge in [-0.1, -0.05) is 24.6 Å². The number of hydrogen-bond acceptors (Lipinski definition) is 6. The highest BCUT2D eigenvalue weighted by Gasteiger charge is 2.20. The molecule has 5 rings (SSSR count). The van der Waals surface area contributed by atoms with Gasteiger partial charge in [0.2, 0.25) is 0 Å². The number of nitrogens with zero attached hydrogens (tertiary/aromatic N) is 2. The molecule has 0 bridgehead atoms. The fourth-order valence-electron chi connectivity index (χ4n) is 4.35. The lowest BCUT2D eigenvalue weighted by molar-refractivity contribution is -0.104. The summed E-state index contributed by atoms with van der Waals surface area (Å²) in [5.74, 6) is 0. The molecule has 3 aromatic rings. The van der Waals surface area contributed by atoms with E-state index in [2.05, 4.69) is 53.5 Å². The minimum absolute atomic E-state index is 0.148. The van der Waals surface area contributed by atoms with Gasteiger partial charge in [0.25, 0.3) is 0 Å². The number of rotatable bonds is 6. The molecule has 33 heavy (non-hydrogen) atoms. The molecule has 0 amide bonds. The first kappa shape index (κ1) is 22.2. The largest absolute Gasteiger partial charge is 0.297 e. The first-order chi connectivity index (χ1) is 16.2. The summed E-state index contributed by atoms with van der Waals surface area (Å²) in [7, 11) is 0. The normalized spacial score (nSPS) is 19.3. The molecule has 1 atom stereocenters. The van der Waals surface area contributed by atoms with Crippen LogP contribution in [0.25, 0.3) is 31.2 Å². The number of hydrogen-bond donors (Lipinski definition) is 0. The van der Waals surface area contributed by atoms with Gasteiger partial charge in [-0.15, -0.1) is 34.0 Å². The van der Waals surface area contributed by atoms with E-state index in [-0.39, 0.29) is 5.57 Å². The van der Waals surface area contributed by atoms with Crippen molar-refractivity contribution in [2.24, 2.45) is 0 Å². The molecule has 1 saturated heterocycles. The van der Waals surface area contributed by atoms with Crippen LogP contribution < -0.4 is 0 Å². The molecule has 3 nitrogen and oxygen atoms in total. The maximum absolute atomic E-state index is 10.9. The lowest BCUT2D eigenvalue weighted by Crippen LogP contribution is -2.38. The third-order valence-electron chi connectivity index (χ3n) is 6.10. The summed E-state index contributed by atoms with van der Waals surface area (Å²) < 4.78 is 0. The maximum Gasteiger partial charge on any atom is 0.160 e. The van der Waals surface area contributed by atoms with E-state index in [1.165, 1.54) is 57.4 Å². The quantitative estimate of drug-likeness (QED) is 0.205. The van der Waals surface area contributed by atoms with Gasteiger partial charge in [0, 0.05) is 35.3 Å². The number of thiophene rings is 3. The molecule has 3 aromatic heterocycles. The molecule has 0 N–H and O–H groups in total. The Labute approximate surface area is 206 Å². The van der Waals surface area contributed by atoms with E-state index in [1.807, 2.05) is 23.5 Å². The van der Waals surface area contributed by atoms with Gasteiger partial charge in [0.05, 0.1) is 5.57 Å². The fourth-order valence-corrected chi connectivity index (χ4v) is 7.52. The van der Waals surface area contributed by atoms with Crippen LogP contribution in [0.2, 0.25) is 0 Å². The van der Waals surface area contributed by atoms with Crippen LogP contribution >= 0.6 is 34.0 Å². The second-order valence-corrected chi connectivity index (χ2v) is 11.6. The van der Waals surface area contributed by atoms with E-state index in [0.717, 1.165) is 16.2 Å². The Morgan fingerprint density at radius 2 is 1.55 bits per heavy atom. The van der Waals surface area contributed by atoms with Gasteiger partial charge in [-0.3, -0.25) is 9.69 Å². The molecule has 1 unspecified atom stereocenters. The summed E-state index contributed by atoms with van der Waals surface area (Å²) in [4.78, 5) is 20.7. The van der Waals surface area contributed by atoms with Gasteiger partial charge in [-0.25, -0.2) is 0 Å². The SMILES string of the molecule is N#C/C(C=O)=C\c1ccc(-c2ccc(-c3ccc(C4=CCC(N5CCCCC5)C=C4)s3)s2)s1. The lowest BCUT2D eigenvalue weighted by atomic mass is 9.98. The Balaban J connectivity index is 1.28. The molecule has 1 aliphatic heterocycles. The number of likely N-dealkylation sites (tertiary alicyclic amines) is 1. The molecule has 0 aromatic carbocycles. The Morgan fingerprint density at radius 3 is 2.18 bits per heavy atom. The van der Waals surface area contributed by atoms with Gasteiger partial charge in [0.1, 0.15) is 6.07 Å². The van der Waals surface area contributed by atoms with Gasteiger partial charge in [-0.05, 0) is 80.4 Å². The number of allylic oxidation sites excluding steroid dienone is 3. The van der Waals surface area contributed by atoms with Crippen molar-refractivity contribution in [2.45, 2.75) is 31.7 Å². The predicted molar refractivity (Wildman–Crippen MR) is 142 cm³/mol. The van der Waals surface area contributed by atoms with E-state index < -0.39 is 0 Å². The molecule has 0 saturated carbocycles. The van der Waals surface area contributed by atoms with E-state index in [9.17, 15) is 4.79 Å². The van der Waals surface area contributed by atoms with Crippen molar-refractivity contribution in [2.75, 3.05) is 13.1 Å². The molecule has 166 valence electrons. The zero-order valence-electron chi connectivity index (χ0n) is 18.2. The van der Waals surface area contributed by atoms with Crippen LogP contribution in [-0.4, -0.2) is 30.3 Å². The van der Waals surface area contributed by atoms with E-state index in [4.69, 9.17) is 5.26 Å². The summed E-state index contributed by atoms with van der Waals surface area (Å²) in [6.45, 7) is 2.47. The zero-order chi connectivity index (χ0) is 22.6. The van der Waals surface area contributed by atoms with Gasteiger partial charge in [0.15, 0.2) is 6.29 Å². The fraction of sp³-hybridized carbons (Fsp3) is 0.259. The summed E-state index contributed by atoms with van der Waals surface area (Å²) >= 11 is 5.24. The highest BCUT2D eigenvalue weighted by molar-refractivity contribution is 7.26. The third kappa shape index (κ3) is 5.02. The molecular formula is C27H24N2OS3. The van der Waals surface area contributed by atoms with Crippen molar-refractivity contribution in [3.63, 3.8) is 0 Å². The number of aldehydes is 1. The van der Waals surface area contributed by atoms with Crippen molar-refractivity contribution in [3.8, 4) is 25.6 Å². The molecule has 6 heteroatoms. The van der Waals surface area contributed by atoms with Gasteiger partial charge in [-0.2, -0.15) is 5.26 Å². The van der Waals surface area contributed by atoms with Gasteiger partial charge >= 0.3 is 0 Å². The van der Waals surface area contributed by atoms with Crippen LogP contribution in [0.4, 0.5) is 0 Å². The van der Waals surface area contributed by atoms with E-state index >= 15 is 0 Å². The van der Waals surface area contributed by atoms with Crippen LogP contribution in [0.5, 0.6) is 0 Å². The van der Waals surface area contributed by atoms with Crippen LogP contribution in [0.1, 0.15) is 35.4 Å². The van der Waals surface area contributed by atoms with Crippen LogP contribution in [0.3, 0.4) is 0 Å². The van der Waals surface area contributed by atoms with Crippen molar-refractivity contribution in [1.82, 2.24) is 4.90 Å². The average Bonchev–Trinajstić information content (AvgIpc) is 3.63. The molecule has 2 aliphatic rings. The topological polar surface area (TPSA) is 44.1 Å². The first-order valence-electron chi connectivity index (χ1n) is 11.2. The summed E-state index contributed by atoms with van der Waals surface area (Å²) in [6.07, 6.45) is 14.5. The Kier molecular flexibility index (Phi) is 6.84. The Morgan fingerprint density at radius 1 is 0.909 bits per heavy atom. The number of carbonyl (C=O) groups excluding carboxylic acids is 1. The van der Waals surface area contributed by atoms with Crippen LogP contribution in [-0.2, 0) is 4.79 Å². The third-order valence-corrected chi connectivity index (χ3v) is 9.74.